The number of ether oxygens (including phenoxy) is 1. The van der Waals surface area contributed by atoms with Gasteiger partial charge in [0.2, 0.25) is 10.0 Å². The minimum Gasteiger partial charge on any atom is -0.491 e. The van der Waals surface area contributed by atoms with Crippen molar-refractivity contribution in [1.82, 2.24) is 4.72 Å². The van der Waals surface area contributed by atoms with E-state index >= 15 is 0 Å². The van der Waals surface area contributed by atoms with Gasteiger partial charge >= 0.3 is 0 Å². The van der Waals surface area contributed by atoms with Crippen LogP contribution in [0, 0.1) is 6.92 Å². The van der Waals surface area contributed by atoms with Crippen LogP contribution in [-0.2, 0) is 10.0 Å². The molecule has 2 N–H and O–H groups in total. The number of nitrogens with one attached hydrogen (secondary N) is 1. The van der Waals surface area contributed by atoms with E-state index in [-0.39, 0.29) is 13.2 Å². The normalized spacial score (nSPS) is 13.4. The summed E-state index contributed by atoms with van der Waals surface area (Å²) in [6.07, 6.45) is 0.173. The van der Waals surface area contributed by atoms with Crippen molar-refractivity contribution in [2.24, 2.45) is 0 Å². The van der Waals surface area contributed by atoms with Gasteiger partial charge in [0, 0.05) is 6.54 Å². The van der Waals surface area contributed by atoms with Gasteiger partial charge in [-0.1, -0.05) is 17.7 Å². The molecule has 0 aromatic heterocycles. The Bertz CT molecular complexity index is 441. The molecule has 0 bridgehead atoms. The maximum absolute atomic E-state index is 10.8. The Labute approximate surface area is 101 Å². The summed E-state index contributed by atoms with van der Waals surface area (Å²) in [6, 6.07) is 7.39. The number of hydrogen-bond donors (Lipinski definition) is 2. The van der Waals surface area contributed by atoms with E-state index in [0.29, 0.717) is 5.75 Å². The van der Waals surface area contributed by atoms with Gasteiger partial charge in [-0.25, -0.2) is 13.1 Å². The van der Waals surface area contributed by atoms with Crippen LogP contribution in [0.4, 0.5) is 0 Å². The second-order valence-corrected chi connectivity index (χ2v) is 5.73. The molecule has 6 heteroatoms. The molecule has 96 valence electrons. The van der Waals surface area contributed by atoms with Gasteiger partial charge in [-0.2, -0.15) is 0 Å². The van der Waals surface area contributed by atoms with E-state index < -0.39 is 16.1 Å². The zero-order chi connectivity index (χ0) is 12.9. The predicted molar refractivity (Wildman–Crippen MR) is 65.5 cm³/mol. The summed E-state index contributed by atoms with van der Waals surface area (Å²) in [4.78, 5) is 0. The highest BCUT2D eigenvalue weighted by molar-refractivity contribution is 7.88. The van der Waals surface area contributed by atoms with Gasteiger partial charge in [-0.3, -0.25) is 0 Å². The fourth-order valence-corrected chi connectivity index (χ4v) is 1.63. The standard InChI is InChI=1S/C11H17NO4S/c1-9-3-5-11(6-4-9)16-8-10(13)7-12-17(2,14)15/h3-6,10,12-13H,7-8H2,1-2H3. The molecule has 1 unspecified atom stereocenters. The Hall–Kier alpha value is -1.11. The maximum Gasteiger partial charge on any atom is 0.208 e. The van der Waals surface area contributed by atoms with Gasteiger partial charge < -0.3 is 9.84 Å². The molecule has 0 fully saturated rings. The summed E-state index contributed by atoms with van der Waals surface area (Å²) in [6.45, 7) is 1.96. The topological polar surface area (TPSA) is 75.6 Å². The van der Waals surface area contributed by atoms with Crippen molar-refractivity contribution in [3.8, 4) is 5.75 Å². The van der Waals surface area contributed by atoms with Crippen molar-refractivity contribution in [2.45, 2.75) is 13.0 Å². The molecule has 17 heavy (non-hydrogen) atoms. The number of benzene rings is 1. The van der Waals surface area contributed by atoms with Crippen molar-refractivity contribution >= 4 is 10.0 Å². The highest BCUT2D eigenvalue weighted by Crippen LogP contribution is 2.11. The van der Waals surface area contributed by atoms with Crippen LogP contribution in [0.15, 0.2) is 24.3 Å². The van der Waals surface area contributed by atoms with E-state index in [9.17, 15) is 13.5 Å². The summed E-state index contributed by atoms with van der Waals surface area (Å²) in [5.74, 6) is 0.647. The van der Waals surface area contributed by atoms with E-state index in [4.69, 9.17) is 4.74 Å². The van der Waals surface area contributed by atoms with Crippen LogP contribution in [0.3, 0.4) is 0 Å². The van der Waals surface area contributed by atoms with E-state index in [1.165, 1.54) is 0 Å². The van der Waals surface area contributed by atoms with Crippen molar-refractivity contribution in [3.63, 3.8) is 0 Å². The SMILES string of the molecule is Cc1ccc(OCC(O)CNS(C)(=O)=O)cc1. The number of aliphatic hydroxyl groups is 1. The number of rotatable bonds is 6. The van der Waals surface area contributed by atoms with Crippen molar-refractivity contribution in [3.05, 3.63) is 29.8 Å². The highest BCUT2D eigenvalue weighted by atomic mass is 32.2. The molecule has 5 nitrogen and oxygen atoms in total. The lowest BCUT2D eigenvalue weighted by Gasteiger charge is -2.12. The minimum absolute atomic E-state index is 0.0472. The molecule has 0 radical (unpaired) electrons. The summed E-state index contributed by atoms with van der Waals surface area (Å²) in [7, 11) is -3.27. The lowest BCUT2D eigenvalue weighted by Crippen LogP contribution is -2.34. The third-order valence-corrected chi connectivity index (χ3v) is 2.74. The van der Waals surface area contributed by atoms with Crippen molar-refractivity contribution < 1.29 is 18.3 Å². The second kappa shape index (κ2) is 6.00. The fraction of sp³-hybridized carbons (Fsp3) is 0.455. The molecular formula is C11H17NO4S. The molecule has 1 rings (SSSR count). The average molecular weight is 259 g/mol. The van der Waals surface area contributed by atoms with Crippen LogP contribution >= 0.6 is 0 Å². The van der Waals surface area contributed by atoms with E-state index in [0.717, 1.165) is 11.8 Å². The molecule has 1 aromatic carbocycles. The third-order valence-electron chi connectivity index (χ3n) is 2.04. The van der Waals surface area contributed by atoms with Crippen LogP contribution in [0.2, 0.25) is 0 Å². The Morgan fingerprint density at radius 2 is 1.94 bits per heavy atom. The minimum atomic E-state index is -3.27. The van der Waals surface area contributed by atoms with E-state index in [1.54, 1.807) is 12.1 Å². The van der Waals surface area contributed by atoms with Crippen LogP contribution in [-0.4, -0.2) is 39.0 Å². The molecule has 1 aromatic rings. The molecule has 0 saturated carbocycles. The van der Waals surface area contributed by atoms with Crippen LogP contribution in [0.1, 0.15) is 5.56 Å². The van der Waals surface area contributed by atoms with Gasteiger partial charge in [0.05, 0.1) is 6.26 Å². The van der Waals surface area contributed by atoms with Gasteiger partial charge in [-0.05, 0) is 19.1 Å². The van der Waals surface area contributed by atoms with Crippen LogP contribution in [0.25, 0.3) is 0 Å². The predicted octanol–water partition coefficient (Wildman–Crippen LogP) is 0.284. The first-order valence-corrected chi connectivity index (χ1v) is 7.08. The first-order chi connectivity index (χ1) is 7.87. The Kier molecular flexibility index (Phi) is 4.92. The molecule has 0 heterocycles. The summed E-state index contributed by atoms with van der Waals surface area (Å²) < 4.78 is 29.1. The zero-order valence-electron chi connectivity index (χ0n) is 9.88. The molecule has 0 aliphatic rings. The maximum atomic E-state index is 10.8. The number of aryl methyl sites for hydroxylation is 1. The highest BCUT2D eigenvalue weighted by Gasteiger charge is 2.08. The fourth-order valence-electron chi connectivity index (χ4n) is 1.13. The molecular weight excluding hydrogens is 242 g/mol. The molecule has 0 aliphatic heterocycles. The Morgan fingerprint density at radius 1 is 1.35 bits per heavy atom. The monoisotopic (exact) mass is 259 g/mol. The second-order valence-electron chi connectivity index (χ2n) is 3.90. The van der Waals surface area contributed by atoms with Crippen LogP contribution in [0.5, 0.6) is 5.75 Å². The number of hydrogen-bond acceptors (Lipinski definition) is 4. The lowest BCUT2D eigenvalue weighted by atomic mass is 10.2. The summed E-state index contributed by atoms with van der Waals surface area (Å²) in [5.41, 5.74) is 1.12. The summed E-state index contributed by atoms with van der Waals surface area (Å²) in [5, 5.41) is 9.48. The quantitative estimate of drug-likeness (QED) is 0.769. The van der Waals surface area contributed by atoms with Gasteiger partial charge in [0.15, 0.2) is 0 Å². The molecule has 0 aliphatic carbocycles. The molecule has 0 saturated heterocycles. The first kappa shape index (κ1) is 14.0. The van der Waals surface area contributed by atoms with Crippen molar-refractivity contribution in [1.29, 1.82) is 0 Å². The lowest BCUT2D eigenvalue weighted by molar-refractivity contribution is 0.111. The van der Waals surface area contributed by atoms with Gasteiger partial charge in [-0.15, -0.1) is 0 Å². The van der Waals surface area contributed by atoms with E-state index in [2.05, 4.69) is 4.72 Å². The third kappa shape index (κ3) is 6.25. The average Bonchev–Trinajstić information content (AvgIpc) is 2.25. The van der Waals surface area contributed by atoms with Gasteiger partial charge in [0.25, 0.3) is 0 Å². The van der Waals surface area contributed by atoms with Gasteiger partial charge in [0.1, 0.15) is 18.5 Å². The number of aliphatic hydroxyl groups excluding tert-OH is 1. The molecule has 0 spiro atoms. The van der Waals surface area contributed by atoms with Crippen molar-refractivity contribution in [2.75, 3.05) is 19.4 Å². The Balaban J connectivity index is 2.33. The number of sulfonamides is 1. The van der Waals surface area contributed by atoms with Crippen LogP contribution < -0.4 is 9.46 Å². The molecule has 0 amide bonds. The molecule has 1 atom stereocenters. The first-order valence-electron chi connectivity index (χ1n) is 5.19. The van der Waals surface area contributed by atoms with E-state index in [1.807, 2.05) is 19.1 Å². The Morgan fingerprint density at radius 3 is 2.47 bits per heavy atom. The zero-order valence-corrected chi connectivity index (χ0v) is 10.7. The summed E-state index contributed by atoms with van der Waals surface area (Å²) >= 11 is 0. The smallest absolute Gasteiger partial charge is 0.208 e. The largest absolute Gasteiger partial charge is 0.491 e.